The minimum Gasteiger partial charge on any atom is -0.452 e. The Balaban J connectivity index is 1.66. The van der Waals surface area contributed by atoms with Crippen molar-refractivity contribution in [1.29, 1.82) is 5.26 Å². The molecule has 2 aromatic carbocycles. The summed E-state index contributed by atoms with van der Waals surface area (Å²) in [5.41, 5.74) is -0.455. The third-order valence-electron chi connectivity index (χ3n) is 4.10. The Morgan fingerprint density at radius 3 is 2.45 bits per heavy atom. The Labute approximate surface area is 195 Å². The summed E-state index contributed by atoms with van der Waals surface area (Å²) in [7, 11) is 0. The zero-order valence-corrected chi connectivity index (χ0v) is 18.1. The van der Waals surface area contributed by atoms with E-state index in [1.165, 1.54) is 17.8 Å². The number of nitrogens with one attached hydrogen (secondary N) is 1. The molecule has 0 radical (unpaired) electrons. The number of rotatable bonds is 6. The number of amides is 1. The quantitative estimate of drug-likeness (QED) is 0.453. The van der Waals surface area contributed by atoms with Crippen LogP contribution < -0.4 is 5.32 Å². The van der Waals surface area contributed by atoms with Crippen LogP contribution >= 0.6 is 23.4 Å². The van der Waals surface area contributed by atoms with Crippen molar-refractivity contribution in [1.82, 2.24) is 4.98 Å². The summed E-state index contributed by atoms with van der Waals surface area (Å²) in [5, 5.41) is 11.0. The fourth-order valence-electron chi connectivity index (χ4n) is 2.55. The number of carbonyl (C=O) groups excluding carboxylic acids is 2. The van der Waals surface area contributed by atoms with Gasteiger partial charge in [-0.25, -0.2) is 9.78 Å². The number of halogens is 4. The van der Waals surface area contributed by atoms with E-state index in [9.17, 15) is 28.0 Å². The fourth-order valence-corrected chi connectivity index (χ4v) is 3.78. The summed E-state index contributed by atoms with van der Waals surface area (Å²) in [6.07, 6.45) is -4.10. The normalized spacial score (nSPS) is 10.9. The van der Waals surface area contributed by atoms with Crippen LogP contribution in [0.1, 0.15) is 21.5 Å². The predicted octanol–water partition coefficient (Wildman–Crippen LogP) is 5.57. The third-order valence-corrected chi connectivity index (χ3v) is 5.54. The average molecular weight is 492 g/mol. The second-order valence-corrected chi connectivity index (χ2v) is 7.87. The van der Waals surface area contributed by atoms with Crippen molar-refractivity contribution < 1.29 is 27.5 Å². The van der Waals surface area contributed by atoms with Gasteiger partial charge >= 0.3 is 12.1 Å². The molecule has 0 atom stereocenters. The standard InChI is InChI=1S/C22H13ClF3N3O3S/c23-16-9-14(22(24,25)26)11-28-20(16)29-19(30)12-32-21(31)15-6-2-4-8-18(15)33-17-7-3-1-5-13(17)10-27/h1-9,11H,12H2,(H,28,29,30). The zero-order valence-electron chi connectivity index (χ0n) is 16.5. The molecule has 1 amide bonds. The molecule has 0 aliphatic heterocycles. The summed E-state index contributed by atoms with van der Waals surface area (Å²) in [5.74, 6) is -1.93. The van der Waals surface area contributed by atoms with Gasteiger partial charge < -0.3 is 10.1 Å². The number of hydrogen-bond donors (Lipinski definition) is 1. The monoisotopic (exact) mass is 491 g/mol. The Hall–Kier alpha value is -3.55. The van der Waals surface area contributed by atoms with Crippen molar-refractivity contribution in [2.24, 2.45) is 0 Å². The van der Waals surface area contributed by atoms with Gasteiger partial charge in [0.1, 0.15) is 6.07 Å². The summed E-state index contributed by atoms with van der Waals surface area (Å²) in [6.45, 7) is -0.717. The molecule has 0 aliphatic carbocycles. The van der Waals surface area contributed by atoms with Crippen molar-refractivity contribution in [3.05, 3.63) is 82.5 Å². The van der Waals surface area contributed by atoms with Crippen LogP contribution in [0.4, 0.5) is 19.0 Å². The number of esters is 1. The second-order valence-electron chi connectivity index (χ2n) is 6.38. The first-order valence-electron chi connectivity index (χ1n) is 9.14. The van der Waals surface area contributed by atoms with Gasteiger partial charge in [0.25, 0.3) is 5.91 Å². The van der Waals surface area contributed by atoms with Crippen molar-refractivity contribution >= 4 is 41.1 Å². The van der Waals surface area contributed by atoms with Gasteiger partial charge in [-0.1, -0.05) is 47.6 Å². The van der Waals surface area contributed by atoms with Crippen LogP contribution in [-0.4, -0.2) is 23.5 Å². The van der Waals surface area contributed by atoms with Crippen molar-refractivity contribution in [2.75, 3.05) is 11.9 Å². The van der Waals surface area contributed by atoms with Crippen LogP contribution in [0, 0.1) is 11.3 Å². The van der Waals surface area contributed by atoms with Crippen LogP contribution in [0.5, 0.6) is 0 Å². The molecule has 33 heavy (non-hydrogen) atoms. The maximum absolute atomic E-state index is 12.7. The van der Waals surface area contributed by atoms with Gasteiger partial charge in [0.2, 0.25) is 0 Å². The third kappa shape index (κ3) is 6.25. The number of nitriles is 1. The number of alkyl halides is 3. The molecule has 0 unspecified atom stereocenters. The molecule has 1 N–H and O–H groups in total. The highest BCUT2D eigenvalue weighted by molar-refractivity contribution is 7.99. The minimum absolute atomic E-state index is 0.175. The van der Waals surface area contributed by atoms with Crippen LogP contribution in [-0.2, 0) is 15.7 Å². The second kappa shape index (κ2) is 10.4. The maximum atomic E-state index is 12.7. The lowest BCUT2D eigenvalue weighted by atomic mass is 10.2. The molecule has 0 saturated carbocycles. The van der Waals surface area contributed by atoms with Crippen LogP contribution in [0.2, 0.25) is 5.02 Å². The fraction of sp³-hybridized carbons (Fsp3) is 0.0909. The highest BCUT2D eigenvalue weighted by Gasteiger charge is 2.31. The van der Waals surface area contributed by atoms with Crippen molar-refractivity contribution in [3.8, 4) is 6.07 Å². The molecule has 1 aromatic heterocycles. The molecule has 1 heterocycles. The summed E-state index contributed by atoms with van der Waals surface area (Å²) in [6, 6.07) is 16.1. The lowest BCUT2D eigenvalue weighted by molar-refractivity contribution is -0.137. The minimum atomic E-state index is -4.63. The first kappa shape index (κ1) is 24.1. The molecule has 0 fully saturated rings. The highest BCUT2D eigenvalue weighted by Crippen LogP contribution is 2.33. The van der Waals surface area contributed by atoms with E-state index in [2.05, 4.69) is 16.4 Å². The highest BCUT2D eigenvalue weighted by atomic mass is 35.5. The number of nitrogens with zero attached hydrogens (tertiary/aromatic N) is 2. The van der Waals surface area contributed by atoms with E-state index >= 15 is 0 Å². The van der Waals surface area contributed by atoms with Crippen LogP contribution in [0.3, 0.4) is 0 Å². The van der Waals surface area contributed by atoms with E-state index in [4.69, 9.17) is 16.3 Å². The first-order chi connectivity index (χ1) is 15.7. The van der Waals surface area contributed by atoms with Crippen molar-refractivity contribution in [3.63, 3.8) is 0 Å². The molecule has 11 heteroatoms. The Kier molecular flexibility index (Phi) is 7.58. The molecular weight excluding hydrogens is 479 g/mol. The van der Waals surface area contributed by atoms with E-state index in [-0.39, 0.29) is 11.4 Å². The predicted molar refractivity (Wildman–Crippen MR) is 115 cm³/mol. The molecule has 168 valence electrons. The molecule has 3 rings (SSSR count). The molecule has 0 bridgehead atoms. The SMILES string of the molecule is N#Cc1ccccc1Sc1ccccc1C(=O)OCC(=O)Nc1ncc(C(F)(F)F)cc1Cl. The maximum Gasteiger partial charge on any atom is 0.417 e. The zero-order chi connectivity index (χ0) is 24.0. The summed E-state index contributed by atoms with van der Waals surface area (Å²) < 4.78 is 43.1. The molecular formula is C22H13ClF3N3O3S. The number of aromatic nitrogens is 1. The van der Waals surface area contributed by atoms with Crippen molar-refractivity contribution in [2.45, 2.75) is 16.0 Å². The van der Waals surface area contributed by atoms with E-state index in [0.717, 1.165) is 0 Å². The Bertz CT molecular complexity index is 1250. The number of pyridine rings is 1. The van der Waals surface area contributed by atoms with Crippen LogP contribution in [0.15, 0.2) is 70.6 Å². The summed E-state index contributed by atoms with van der Waals surface area (Å²) >= 11 is 6.94. The van der Waals surface area contributed by atoms with E-state index in [0.29, 0.717) is 27.6 Å². The average Bonchev–Trinajstić information content (AvgIpc) is 2.79. The molecule has 6 nitrogen and oxygen atoms in total. The first-order valence-corrected chi connectivity index (χ1v) is 10.3. The Morgan fingerprint density at radius 2 is 1.79 bits per heavy atom. The molecule has 3 aromatic rings. The largest absolute Gasteiger partial charge is 0.452 e. The topological polar surface area (TPSA) is 92.1 Å². The Morgan fingerprint density at radius 1 is 1.12 bits per heavy atom. The van der Waals surface area contributed by atoms with Gasteiger partial charge in [-0.05, 0) is 30.3 Å². The molecule has 0 aliphatic rings. The number of ether oxygens (including phenoxy) is 1. The lowest BCUT2D eigenvalue weighted by Gasteiger charge is -2.11. The van der Waals surface area contributed by atoms with Gasteiger partial charge in [-0.3, -0.25) is 4.79 Å². The van der Waals surface area contributed by atoms with Gasteiger partial charge in [-0.15, -0.1) is 0 Å². The van der Waals surface area contributed by atoms with Gasteiger partial charge in [0.05, 0.1) is 21.7 Å². The lowest BCUT2D eigenvalue weighted by Crippen LogP contribution is -2.22. The van der Waals surface area contributed by atoms with Gasteiger partial charge in [0.15, 0.2) is 12.4 Å². The van der Waals surface area contributed by atoms with Crippen LogP contribution in [0.25, 0.3) is 0 Å². The van der Waals surface area contributed by atoms with Gasteiger partial charge in [-0.2, -0.15) is 18.4 Å². The summed E-state index contributed by atoms with van der Waals surface area (Å²) in [4.78, 5) is 29.3. The molecule has 0 spiro atoms. The smallest absolute Gasteiger partial charge is 0.417 e. The number of hydrogen-bond acceptors (Lipinski definition) is 6. The van der Waals surface area contributed by atoms with E-state index in [1.807, 2.05) is 0 Å². The number of benzene rings is 2. The van der Waals surface area contributed by atoms with E-state index in [1.54, 1.807) is 42.5 Å². The number of anilines is 1. The van der Waals surface area contributed by atoms with E-state index < -0.39 is 35.2 Å². The van der Waals surface area contributed by atoms with Gasteiger partial charge in [0, 0.05) is 16.0 Å². The molecule has 0 saturated heterocycles. The number of carbonyl (C=O) groups is 2.